The van der Waals surface area contributed by atoms with Crippen LogP contribution in [0.2, 0.25) is 0 Å². The van der Waals surface area contributed by atoms with Crippen molar-refractivity contribution in [3.63, 3.8) is 0 Å². The zero-order valence-electron chi connectivity index (χ0n) is 21.6. The highest BCUT2D eigenvalue weighted by Gasteiger charge is 2.39. The van der Waals surface area contributed by atoms with Gasteiger partial charge in [0.15, 0.2) is 10.1 Å². The number of carboxylic acids is 1. The fraction of sp³-hybridized carbons (Fsp3) is 0.172. The molecule has 4 N–H and O–H groups in total. The lowest BCUT2D eigenvalue weighted by molar-refractivity contribution is -0.116. The summed E-state index contributed by atoms with van der Waals surface area (Å²) in [6.45, 7) is 0. The van der Waals surface area contributed by atoms with Crippen LogP contribution in [0, 0.1) is 17.2 Å². The molecule has 1 aromatic heterocycles. The summed E-state index contributed by atoms with van der Waals surface area (Å²) in [6.07, 6.45) is 5.36. The molecule has 1 unspecified atom stereocenters. The Hall–Kier alpha value is -4.73. The highest BCUT2D eigenvalue weighted by molar-refractivity contribution is 8.01. The highest BCUT2D eigenvalue weighted by atomic mass is 32.2. The Labute approximate surface area is 243 Å². The zero-order chi connectivity index (χ0) is 28.9. The van der Waals surface area contributed by atoms with Crippen LogP contribution in [0.15, 0.2) is 87.7 Å². The van der Waals surface area contributed by atoms with Gasteiger partial charge in [-0.15, -0.1) is 10.2 Å². The molecule has 1 aliphatic heterocycles. The second-order valence-electron chi connectivity index (χ2n) is 9.17. The molecule has 0 fully saturated rings. The second-order valence-corrected chi connectivity index (χ2v) is 11.3. The van der Waals surface area contributed by atoms with E-state index in [1.807, 2.05) is 42.5 Å². The Morgan fingerprint density at radius 2 is 1.93 bits per heavy atom. The summed E-state index contributed by atoms with van der Waals surface area (Å²) in [5.74, 6) is -1.98. The van der Waals surface area contributed by atoms with Crippen LogP contribution in [0.5, 0.6) is 0 Å². The highest BCUT2D eigenvalue weighted by Crippen LogP contribution is 2.44. The predicted molar refractivity (Wildman–Crippen MR) is 157 cm³/mol. The second kappa shape index (κ2) is 12.2. The SMILES string of the molecule is N#CC1=C(N)N(c2nnc(SCC(=O)Nc3ccccc3C(=O)O)s2)C2=C(C(=O)CCC2)C1/C=C/c1ccccc1. The van der Waals surface area contributed by atoms with Gasteiger partial charge >= 0.3 is 5.97 Å². The maximum atomic E-state index is 13.2. The first-order valence-electron chi connectivity index (χ1n) is 12.6. The van der Waals surface area contributed by atoms with E-state index in [1.165, 1.54) is 23.5 Å². The molecule has 1 aliphatic carbocycles. The van der Waals surface area contributed by atoms with E-state index in [4.69, 9.17) is 5.73 Å². The zero-order valence-corrected chi connectivity index (χ0v) is 23.2. The van der Waals surface area contributed by atoms with Crippen molar-refractivity contribution < 1.29 is 19.5 Å². The number of rotatable bonds is 8. The van der Waals surface area contributed by atoms with Crippen LogP contribution >= 0.6 is 23.1 Å². The number of amides is 1. The third kappa shape index (κ3) is 5.91. The van der Waals surface area contributed by atoms with Gasteiger partial charge in [-0.2, -0.15) is 5.26 Å². The first kappa shape index (κ1) is 27.8. The van der Waals surface area contributed by atoms with Crippen molar-refractivity contribution in [2.45, 2.75) is 23.6 Å². The molecular weight excluding hydrogens is 560 g/mol. The average molecular weight is 585 g/mol. The van der Waals surface area contributed by atoms with E-state index < -0.39 is 17.8 Å². The van der Waals surface area contributed by atoms with Gasteiger partial charge in [0, 0.05) is 23.6 Å². The summed E-state index contributed by atoms with van der Waals surface area (Å²) in [5, 5.41) is 30.9. The van der Waals surface area contributed by atoms with Gasteiger partial charge in [0.25, 0.3) is 0 Å². The molecule has 0 bridgehead atoms. The minimum Gasteiger partial charge on any atom is -0.478 e. The van der Waals surface area contributed by atoms with Crippen molar-refractivity contribution in [1.82, 2.24) is 10.2 Å². The quantitative estimate of drug-likeness (QED) is 0.313. The topological polar surface area (TPSA) is 162 Å². The van der Waals surface area contributed by atoms with Crippen LogP contribution in [-0.2, 0) is 9.59 Å². The van der Waals surface area contributed by atoms with E-state index in [2.05, 4.69) is 21.6 Å². The lowest BCUT2D eigenvalue weighted by Gasteiger charge is -2.37. The number of hydrogen-bond donors (Lipinski definition) is 3. The number of nitrogens with two attached hydrogens (primary N) is 1. The number of hydrogen-bond acceptors (Lipinski definition) is 10. The number of para-hydroxylation sites is 1. The first-order valence-corrected chi connectivity index (χ1v) is 14.5. The van der Waals surface area contributed by atoms with Crippen LogP contribution in [0.4, 0.5) is 10.8 Å². The molecule has 206 valence electrons. The number of Topliss-reactive ketones (excluding diaryl/α,β-unsaturated/α-hetero) is 1. The summed E-state index contributed by atoms with van der Waals surface area (Å²) >= 11 is 2.32. The van der Waals surface area contributed by atoms with Crippen molar-refractivity contribution in [1.29, 1.82) is 5.26 Å². The third-order valence-electron chi connectivity index (χ3n) is 6.58. The van der Waals surface area contributed by atoms with Crippen LogP contribution in [-0.4, -0.2) is 38.7 Å². The molecule has 2 aliphatic rings. The maximum absolute atomic E-state index is 13.2. The van der Waals surface area contributed by atoms with Gasteiger partial charge in [-0.1, -0.05) is 77.7 Å². The van der Waals surface area contributed by atoms with Crippen LogP contribution in [0.1, 0.15) is 35.2 Å². The summed E-state index contributed by atoms with van der Waals surface area (Å²) in [5.41, 5.74) is 9.20. The molecular formula is C29H24N6O4S2. The number of nitrogens with zero attached hydrogens (tertiary/aromatic N) is 4. The number of ketones is 1. The molecule has 3 aromatic rings. The molecule has 2 aromatic carbocycles. The van der Waals surface area contributed by atoms with Gasteiger partial charge in [0.05, 0.1) is 28.6 Å². The number of anilines is 2. The van der Waals surface area contributed by atoms with Crippen LogP contribution in [0.3, 0.4) is 0 Å². The van der Waals surface area contributed by atoms with Crippen molar-refractivity contribution in [2.24, 2.45) is 11.7 Å². The van der Waals surface area contributed by atoms with Gasteiger partial charge in [0.2, 0.25) is 11.0 Å². The van der Waals surface area contributed by atoms with E-state index in [-0.39, 0.29) is 34.2 Å². The van der Waals surface area contributed by atoms with E-state index in [1.54, 1.807) is 17.0 Å². The Morgan fingerprint density at radius 1 is 1.17 bits per heavy atom. The smallest absolute Gasteiger partial charge is 0.337 e. The minimum absolute atomic E-state index is 0.00673. The molecule has 0 saturated carbocycles. The number of aromatic nitrogens is 2. The number of benzene rings is 2. The number of nitriles is 1. The number of carbonyl (C=O) groups is 3. The maximum Gasteiger partial charge on any atom is 0.337 e. The minimum atomic E-state index is -1.14. The number of aromatic carboxylic acids is 1. The third-order valence-corrected chi connectivity index (χ3v) is 8.63. The number of carbonyl (C=O) groups excluding carboxylic acids is 2. The number of thioether (sulfide) groups is 1. The molecule has 12 heteroatoms. The van der Waals surface area contributed by atoms with Gasteiger partial charge in [0.1, 0.15) is 5.82 Å². The van der Waals surface area contributed by atoms with Gasteiger partial charge in [-0.05, 0) is 30.5 Å². The van der Waals surface area contributed by atoms with Crippen LogP contribution < -0.4 is 16.0 Å². The fourth-order valence-electron chi connectivity index (χ4n) is 4.75. The molecule has 5 rings (SSSR count). The van der Waals surface area contributed by atoms with E-state index >= 15 is 0 Å². The van der Waals surface area contributed by atoms with Gasteiger partial charge in [-0.25, -0.2) is 4.79 Å². The Balaban J connectivity index is 1.38. The van der Waals surface area contributed by atoms with Gasteiger partial charge < -0.3 is 16.2 Å². The normalized spacial score (nSPS) is 17.0. The Morgan fingerprint density at radius 3 is 2.68 bits per heavy atom. The van der Waals surface area contributed by atoms with Gasteiger partial charge in [-0.3, -0.25) is 14.5 Å². The summed E-state index contributed by atoms with van der Waals surface area (Å²) in [6, 6.07) is 18.0. The molecule has 2 heterocycles. The molecule has 10 nitrogen and oxygen atoms in total. The molecule has 0 radical (unpaired) electrons. The largest absolute Gasteiger partial charge is 0.478 e. The van der Waals surface area contributed by atoms with Crippen molar-refractivity contribution >= 4 is 57.7 Å². The fourth-order valence-corrected chi connectivity index (χ4v) is 6.43. The monoisotopic (exact) mass is 584 g/mol. The van der Waals surface area contributed by atoms with E-state index in [0.717, 1.165) is 17.3 Å². The molecule has 1 amide bonds. The lowest BCUT2D eigenvalue weighted by Crippen LogP contribution is -2.39. The summed E-state index contributed by atoms with van der Waals surface area (Å²) < 4.78 is 0.475. The predicted octanol–water partition coefficient (Wildman–Crippen LogP) is 4.82. The first-order chi connectivity index (χ1) is 19.9. The standard InChI is InChI=1S/C29H24N6O4S2/c30-15-20-18(14-13-17-7-2-1-3-8-17)25-22(11-6-12-23(25)36)35(26(20)31)28-33-34-29(41-28)40-16-24(37)32-21-10-5-4-9-19(21)27(38)39/h1-5,7-10,13-14,18H,6,11-12,16,31H2,(H,32,37)(H,38,39)/b14-13+. The Kier molecular flexibility index (Phi) is 8.28. The van der Waals surface area contributed by atoms with Crippen molar-refractivity contribution in [3.05, 3.63) is 94.5 Å². The number of allylic oxidation sites excluding steroid dienone is 4. The molecule has 0 spiro atoms. The summed E-state index contributed by atoms with van der Waals surface area (Å²) in [4.78, 5) is 38.8. The molecule has 0 saturated heterocycles. The van der Waals surface area contributed by atoms with E-state index in [0.29, 0.717) is 40.0 Å². The average Bonchev–Trinajstić information content (AvgIpc) is 3.44. The lowest BCUT2D eigenvalue weighted by atomic mass is 9.79. The van der Waals surface area contributed by atoms with Crippen LogP contribution in [0.25, 0.3) is 6.08 Å². The van der Waals surface area contributed by atoms with E-state index in [9.17, 15) is 24.8 Å². The van der Waals surface area contributed by atoms with Crippen molar-refractivity contribution in [3.8, 4) is 6.07 Å². The molecule has 41 heavy (non-hydrogen) atoms. The molecule has 1 atom stereocenters. The number of nitrogens with one attached hydrogen (secondary N) is 1. The Bertz CT molecular complexity index is 1650. The van der Waals surface area contributed by atoms with Crippen molar-refractivity contribution in [2.75, 3.05) is 16.0 Å². The number of carboxylic acid groups (broad SMARTS) is 1. The summed E-state index contributed by atoms with van der Waals surface area (Å²) in [7, 11) is 0.